The van der Waals surface area contributed by atoms with Gasteiger partial charge >= 0.3 is 0 Å². The van der Waals surface area contributed by atoms with Crippen molar-refractivity contribution in [2.45, 2.75) is 0 Å². The van der Waals surface area contributed by atoms with E-state index in [1.807, 2.05) is 0 Å². The lowest BCUT2D eigenvalue weighted by atomic mass is 10.3. The molecular formula is C6H3Cl2N2O. The predicted molar refractivity (Wildman–Crippen MR) is 41.6 cm³/mol. The van der Waals surface area contributed by atoms with E-state index in [1.165, 1.54) is 6.20 Å². The van der Waals surface area contributed by atoms with Gasteiger partial charge in [0.1, 0.15) is 5.69 Å². The molecule has 0 aliphatic rings. The summed E-state index contributed by atoms with van der Waals surface area (Å²) in [6, 6.07) is 2.49. The topological polar surface area (TPSA) is 56.0 Å². The van der Waals surface area contributed by atoms with E-state index in [0.29, 0.717) is 0 Å². The highest BCUT2D eigenvalue weighted by atomic mass is 35.5. The minimum atomic E-state index is -0.692. The van der Waals surface area contributed by atoms with E-state index in [1.54, 1.807) is 0 Å². The van der Waals surface area contributed by atoms with Crippen LogP contribution >= 0.6 is 23.2 Å². The van der Waals surface area contributed by atoms with Crippen LogP contribution in [0.4, 0.5) is 0 Å². The van der Waals surface area contributed by atoms with Crippen LogP contribution in [0, 0.1) is 6.07 Å². The van der Waals surface area contributed by atoms with Crippen molar-refractivity contribution in [2.75, 3.05) is 0 Å². The van der Waals surface area contributed by atoms with Gasteiger partial charge in [-0.2, -0.15) is 0 Å². The van der Waals surface area contributed by atoms with Gasteiger partial charge in [0.05, 0.1) is 10.0 Å². The molecule has 57 valence electrons. The number of carbonyl (C=O) groups excluding carboxylic acids is 1. The molecule has 0 saturated carbocycles. The van der Waals surface area contributed by atoms with Crippen LogP contribution in [-0.2, 0) is 0 Å². The van der Waals surface area contributed by atoms with Crippen LogP contribution in [0.15, 0.2) is 6.20 Å². The van der Waals surface area contributed by atoms with Crippen LogP contribution in [0.2, 0.25) is 10.0 Å². The van der Waals surface area contributed by atoms with Crippen molar-refractivity contribution in [1.29, 1.82) is 0 Å². The molecule has 0 unspecified atom stereocenters. The van der Waals surface area contributed by atoms with E-state index in [9.17, 15) is 4.79 Å². The van der Waals surface area contributed by atoms with Gasteiger partial charge in [0, 0.05) is 12.3 Å². The number of hydrogen-bond donors (Lipinski definition) is 1. The van der Waals surface area contributed by atoms with Gasteiger partial charge in [0.15, 0.2) is 0 Å². The van der Waals surface area contributed by atoms with Gasteiger partial charge < -0.3 is 5.73 Å². The third-order valence-electron chi connectivity index (χ3n) is 0.977. The van der Waals surface area contributed by atoms with Crippen molar-refractivity contribution in [1.82, 2.24) is 4.98 Å². The van der Waals surface area contributed by atoms with Crippen LogP contribution < -0.4 is 5.73 Å². The lowest BCUT2D eigenvalue weighted by molar-refractivity contribution is 0.0996. The largest absolute Gasteiger partial charge is 0.364 e. The van der Waals surface area contributed by atoms with Gasteiger partial charge in [-0.3, -0.25) is 4.79 Å². The van der Waals surface area contributed by atoms with Gasteiger partial charge in [-0.05, 0) is 0 Å². The lowest BCUT2D eigenvalue weighted by Gasteiger charge is -1.96. The number of carbonyl (C=O) groups is 1. The minimum absolute atomic E-state index is 0.0175. The van der Waals surface area contributed by atoms with Crippen molar-refractivity contribution < 1.29 is 4.79 Å². The van der Waals surface area contributed by atoms with Crippen molar-refractivity contribution >= 4 is 29.1 Å². The zero-order valence-electron chi connectivity index (χ0n) is 5.27. The molecule has 5 heteroatoms. The number of primary amides is 1. The first-order valence-electron chi connectivity index (χ1n) is 2.64. The number of aromatic nitrogens is 1. The number of halogens is 2. The number of amides is 1. The third kappa shape index (κ3) is 1.82. The van der Waals surface area contributed by atoms with Crippen LogP contribution in [-0.4, -0.2) is 10.9 Å². The number of hydrogen-bond acceptors (Lipinski definition) is 2. The van der Waals surface area contributed by atoms with Crippen LogP contribution in [0.1, 0.15) is 10.5 Å². The highest BCUT2D eigenvalue weighted by molar-refractivity contribution is 6.36. The summed E-state index contributed by atoms with van der Waals surface area (Å²) in [5.41, 5.74) is 4.90. The molecule has 1 aromatic rings. The highest BCUT2D eigenvalue weighted by Crippen LogP contribution is 2.16. The minimum Gasteiger partial charge on any atom is -0.364 e. The molecule has 0 aromatic carbocycles. The molecule has 1 rings (SSSR count). The summed E-state index contributed by atoms with van der Waals surface area (Å²) >= 11 is 11.0. The average Bonchev–Trinajstić information content (AvgIpc) is 1.85. The smallest absolute Gasteiger partial charge is 0.268 e. The zero-order chi connectivity index (χ0) is 8.43. The fourth-order valence-corrected chi connectivity index (χ4v) is 0.981. The molecule has 11 heavy (non-hydrogen) atoms. The third-order valence-corrected chi connectivity index (χ3v) is 1.44. The fraction of sp³-hybridized carbons (Fsp3) is 0. The Morgan fingerprint density at radius 3 is 2.73 bits per heavy atom. The van der Waals surface area contributed by atoms with Gasteiger partial charge in [-0.15, -0.1) is 0 Å². The average molecular weight is 190 g/mol. The maximum atomic E-state index is 10.5. The Kier molecular flexibility index (Phi) is 2.31. The molecule has 0 saturated heterocycles. The number of rotatable bonds is 1. The lowest BCUT2D eigenvalue weighted by Crippen LogP contribution is -2.13. The normalized spacial score (nSPS) is 9.64. The Morgan fingerprint density at radius 2 is 2.27 bits per heavy atom. The van der Waals surface area contributed by atoms with Crippen molar-refractivity contribution in [3.8, 4) is 0 Å². The zero-order valence-corrected chi connectivity index (χ0v) is 6.78. The van der Waals surface area contributed by atoms with E-state index < -0.39 is 5.91 Å². The standard InChI is InChI=1S/C6H3Cl2N2O/c7-3-1-4(8)5(6(9)11)10-2-3/h2H,(H2,9,11). The van der Waals surface area contributed by atoms with Crippen molar-refractivity contribution in [3.05, 3.63) is 28.0 Å². The first-order chi connectivity index (χ1) is 5.11. The molecule has 1 aromatic heterocycles. The Morgan fingerprint density at radius 1 is 1.64 bits per heavy atom. The Hall–Kier alpha value is -0.800. The maximum absolute atomic E-state index is 10.5. The first kappa shape index (κ1) is 8.30. The predicted octanol–water partition coefficient (Wildman–Crippen LogP) is 1.29. The van der Waals surface area contributed by atoms with Crippen LogP contribution in [0.25, 0.3) is 0 Å². The van der Waals surface area contributed by atoms with Crippen molar-refractivity contribution in [3.63, 3.8) is 0 Å². The molecule has 0 atom stereocenters. The number of pyridine rings is 1. The van der Waals surface area contributed by atoms with Crippen molar-refractivity contribution in [2.24, 2.45) is 5.73 Å². The molecule has 0 spiro atoms. The van der Waals surface area contributed by atoms with E-state index >= 15 is 0 Å². The van der Waals surface area contributed by atoms with Crippen LogP contribution in [0.5, 0.6) is 0 Å². The van der Waals surface area contributed by atoms with Gasteiger partial charge in [-0.1, -0.05) is 23.2 Å². The second-order valence-electron chi connectivity index (χ2n) is 1.76. The molecular weight excluding hydrogens is 187 g/mol. The molecule has 0 aliphatic heterocycles. The molecule has 0 bridgehead atoms. The fourth-order valence-electron chi connectivity index (χ4n) is 0.546. The quantitative estimate of drug-likeness (QED) is 0.725. The number of nitrogens with zero attached hydrogens (tertiary/aromatic N) is 1. The summed E-state index contributed by atoms with van der Waals surface area (Å²) in [5.74, 6) is -0.692. The summed E-state index contributed by atoms with van der Waals surface area (Å²) in [7, 11) is 0. The second-order valence-corrected chi connectivity index (χ2v) is 2.54. The summed E-state index contributed by atoms with van der Waals surface area (Å²) in [4.78, 5) is 14.2. The van der Waals surface area contributed by atoms with Crippen LogP contribution in [0.3, 0.4) is 0 Å². The summed E-state index contributed by atoms with van der Waals surface area (Å²) in [5, 5.41) is 0.296. The maximum Gasteiger partial charge on any atom is 0.268 e. The number of nitrogens with two attached hydrogens (primary N) is 1. The SMILES string of the molecule is NC(=O)c1ncc(Cl)[c]c1Cl. The molecule has 1 radical (unpaired) electrons. The Balaban J connectivity index is 3.20. The Labute approximate surface area is 73.1 Å². The molecule has 1 heterocycles. The second kappa shape index (κ2) is 3.07. The molecule has 0 fully saturated rings. The first-order valence-corrected chi connectivity index (χ1v) is 3.40. The Bertz CT molecular complexity index is 301. The molecule has 0 aliphatic carbocycles. The summed E-state index contributed by atoms with van der Waals surface area (Å²) in [6.45, 7) is 0. The van der Waals surface area contributed by atoms with Gasteiger partial charge in [0.2, 0.25) is 0 Å². The van der Waals surface area contributed by atoms with E-state index in [-0.39, 0.29) is 15.7 Å². The molecule has 3 nitrogen and oxygen atoms in total. The summed E-state index contributed by atoms with van der Waals surface area (Å²) in [6.07, 6.45) is 1.26. The monoisotopic (exact) mass is 189 g/mol. The summed E-state index contributed by atoms with van der Waals surface area (Å²) < 4.78 is 0. The van der Waals surface area contributed by atoms with E-state index in [4.69, 9.17) is 28.9 Å². The van der Waals surface area contributed by atoms with Gasteiger partial charge in [-0.25, -0.2) is 4.98 Å². The van der Waals surface area contributed by atoms with Gasteiger partial charge in [0.25, 0.3) is 5.91 Å². The molecule has 2 N–H and O–H groups in total. The highest BCUT2D eigenvalue weighted by Gasteiger charge is 2.07. The molecule has 1 amide bonds. The van der Waals surface area contributed by atoms with E-state index in [0.717, 1.165) is 0 Å². The van der Waals surface area contributed by atoms with E-state index in [2.05, 4.69) is 11.1 Å².